The molecule has 4 nitrogen and oxygen atoms in total. The van der Waals surface area contributed by atoms with Crippen molar-refractivity contribution in [3.8, 4) is 10.7 Å². The number of hydrogen-bond acceptors (Lipinski definition) is 4. The Labute approximate surface area is 117 Å². The van der Waals surface area contributed by atoms with Crippen LogP contribution < -0.4 is 0 Å². The van der Waals surface area contributed by atoms with Crippen LogP contribution >= 0.6 is 22.9 Å². The van der Waals surface area contributed by atoms with Gasteiger partial charge in [0.25, 0.3) is 0 Å². The average Bonchev–Trinajstić information content (AvgIpc) is 2.91. The molecule has 0 saturated carbocycles. The van der Waals surface area contributed by atoms with Crippen LogP contribution in [0.4, 0.5) is 0 Å². The van der Waals surface area contributed by atoms with Crippen molar-refractivity contribution >= 4 is 39.8 Å². The molecule has 0 unspecified atom stereocenters. The Morgan fingerprint density at radius 2 is 2.16 bits per heavy atom. The van der Waals surface area contributed by atoms with Gasteiger partial charge in [-0.2, -0.15) is 0 Å². The van der Waals surface area contributed by atoms with Crippen molar-refractivity contribution in [2.45, 2.75) is 0 Å². The van der Waals surface area contributed by atoms with Gasteiger partial charge in [-0.25, -0.2) is 14.8 Å². The van der Waals surface area contributed by atoms with Crippen molar-refractivity contribution in [2.75, 3.05) is 0 Å². The SMILES string of the molecule is O=C(O)c1cc(-c2nccs2)nc2ccc(Cl)cc12. The van der Waals surface area contributed by atoms with E-state index in [-0.39, 0.29) is 5.56 Å². The number of pyridine rings is 1. The number of aromatic nitrogens is 2. The molecule has 3 rings (SSSR count). The summed E-state index contributed by atoms with van der Waals surface area (Å²) >= 11 is 7.32. The molecule has 0 atom stereocenters. The van der Waals surface area contributed by atoms with Gasteiger partial charge in [-0.3, -0.25) is 0 Å². The lowest BCUT2D eigenvalue weighted by Gasteiger charge is -2.05. The molecule has 0 amide bonds. The number of carboxylic acids is 1. The molecular weight excluding hydrogens is 284 g/mol. The van der Waals surface area contributed by atoms with Gasteiger partial charge in [-0.15, -0.1) is 11.3 Å². The van der Waals surface area contributed by atoms with Crippen LogP contribution in [0.5, 0.6) is 0 Å². The number of carboxylic acid groups (broad SMARTS) is 1. The summed E-state index contributed by atoms with van der Waals surface area (Å²) in [5.41, 5.74) is 1.33. The summed E-state index contributed by atoms with van der Waals surface area (Å²) in [5.74, 6) is -1.01. The Hall–Kier alpha value is -1.98. The second-order valence-corrected chi connectivity index (χ2v) is 5.19. The molecule has 19 heavy (non-hydrogen) atoms. The molecule has 0 radical (unpaired) electrons. The van der Waals surface area contributed by atoms with Gasteiger partial charge in [0, 0.05) is 22.0 Å². The minimum atomic E-state index is -1.01. The molecule has 3 aromatic rings. The van der Waals surface area contributed by atoms with E-state index in [2.05, 4.69) is 9.97 Å². The third-order valence-corrected chi connectivity index (χ3v) is 3.68. The van der Waals surface area contributed by atoms with Crippen LogP contribution in [0.3, 0.4) is 0 Å². The van der Waals surface area contributed by atoms with Gasteiger partial charge < -0.3 is 5.11 Å². The summed E-state index contributed by atoms with van der Waals surface area (Å²) in [5, 5.41) is 12.8. The lowest BCUT2D eigenvalue weighted by Crippen LogP contribution is -2.00. The lowest BCUT2D eigenvalue weighted by atomic mass is 10.1. The van der Waals surface area contributed by atoms with E-state index >= 15 is 0 Å². The first-order valence-electron chi connectivity index (χ1n) is 5.38. The highest BCUT2D eigenvalue weighted by Gasteiger charge is 2.14. The van der Waals surface area contributed by atoms with Crippen molar-refractivity contribution in [2.24, 2.45) is 0 Å². The van der Waals surface area contributed by atoms with Gasteiger partial charge >= 0.3 is 5.97 Å². The molecule has 0 aliphatic rings. The van der Waals surface area contributed by atoms with Gasteiger partial charge in [0.05, 0.1) is 11.1 Å². The van der Waals surface area contributed by atoms with Crippen LogP contribution in [-0.2, 0) is 0 Å². The van der Waals surface area contributed by atoms with Crippen LogP contribution in [0.15, 0.2) is 35.8 Å². The van der Waals surface area contributed by atoms with Crippen LogP contribution in [0.2, 0.25) is 5.02 Å². The van der Waals surface area contributed by atoms with Gasteiger partial charge in [-0.05, 0) is 24.3 Å². The molecule has 0 aliphatic carbocycles. The maximum atomic E-state index is 11.4. The summed E-state index contributed by atoms with van der Waals surface area (Å²) in [7, 11) is 0. The van der Waals surface area contributed by atoms with Crippen molar-refractivity contribution in [1.82, 2.24) is 9.97 Å². The van der Waals surface area contributed by atoms with Gasteiger partial charge in [-0.1, -0.05) is 11.6 Å². The third kappa shape index (κ3) is 2.18. The summed E-state index contributed by atoms with van der Waals surface area (Å²) in [4.78, 5) is 19.9. The molecular formula is C13H7ClN2O2S. The Balaban J connectivity index is 2.34. The molecule has 94 valence electrons. The molecule has 2 heterocycles. The normalized spacial score (nSPS) is 10.8. The highest BCUT2D eigenvalue weighted by atomic mass is 35.5. The molecule has 0 saturated heterocycles. The molecule has 6 heteroatoms. The first-order chi connectivity index (χ1) is 9.15. The van der Waals surface area contributed by atoms with Crippen molar-refractivity contribution < 1.29 is 9.90 Å². The second-order valence-electron chi connectivity index (χ2n) is 3.86. The van der Waals surface area contributed by atoms with Gasteiger partial charge in [0.1, 0.15) is 10.7 Å². The number of halogens is 1. The first kappa shape index (κ1) is 12.1. The first-order valence-corrected chi connectivity index (χ1v) is 6.64. The number of nitrogens with zero attached hydrogens (tertiary/aromatic N) is 2. The van der Waals surface area contributed by atoms with E-state index in [1.165, 1.54) is 17.4 Å². The molecule has 0 bridgehead atoms. The number of rotatable bonds is 2. The van der Waals surface area contributed by atoms with Crippen molar-refractivity contribution in [1.29, 1.82) is 0 Å². The third-order valence-electron chi connectivity index (χ3n) is 2.65. The Bertz CT molecular complexity index is 772. The van der Waals surface area contributed by atoms with Crippen LogP contribution in [0.25, 0.3) is 21.6 Å². The largest absolute Gasteiger partial charge is 0.478 e. The predicted octanol–water partition coefficient (Wildman–Crippen LogP) is 3.71. The van der Waals surface area contributed by atoms with Gasteiger partial charge in [0.15, 0.2) is 0 Å². The minimum absolute atomic E-state index is 0.178. The maximum Gasteiger partial charge on any atom is 0.336 e. The summed E-state index contributed by atoms with van der Waals surface area (Å²) in [6, 6.07) is 6.54. The molecule has 1 aromatic carbocycles. The summed E-state index contributed by atoms with van der Waals surface area (Å²) in [6.45, 7) is 0. The molecule has 0 aliphatic heterocycles. The zero-order chi connectivity index (χ0) is 13.4. The molecule has 0 spiro atoms. The molecule has 1 N–H and O–H groups in total. The minimum Gasteiger partial charge on any atom is -0.478 e. The Morgan fingerprint density at radius 3 is 2.84 bits per heavy atom. The van der Waals surface area contributed by atoms with E-state index < -0.39 is 5.97 Å². The van der Waals surface area contributed by atoms with Crippen LogP contribution in [-0.4, -0.2) is 21.0 Å². The number of fused-ring (bicyclic) bond motifs is 1. The van der Waals surface area contributed by atoms with E-state index in [4.69, 9.17) is 11.6 Å². The average molecular weight is 291 g/mol. The van der Waals surface area contributed by atoms with E-state index in [1.54, 1.807) is 24.4 Å². The van der Waals surface area contributed by atoms with Crippen molar-refractivity contribution in [3.05, 3.63) is 46.4 Å². The lowest BCUT2D eigenvalue weighted by molar-refractivity contribution is 0.0699. The maximum absolute atomic E-state index is 11.4. The summed E-state index contributed by atoms with van der Waals surface area (Å²) < 4.78 is 0. The Morgan fingerprint density at radius 1 is 1.32 bits per heavy atom. The van der Waals surface area contributed by atoms with Crippen LogP contribution in [0, 0.1) is 0 Å². The highest BCUT2D eigenvalue weighted by molar-refractivity contribution is 7.13. The zero-order valence-corrected chi connectivity index (χ0v) is 11.1. The number of benzene rings is 1. The number of carbonyl (C=O) groups is 1. The zero-order valence-electron chi connectivity index (χ0n) is 9.50. The number of aromatic carboxylic acids is 1. The monoisotopic (exact) mass is 290 g/mol. The second kappa shape index (κ2) is 4.60. The molecule has 2 aromatic heterocycles. The number of thiazole rings is 1. The van der Waals surface area contributed by atoms with E-state index in [0.29, 0.717) is 26.6 Å². The van der Waals surface area contributed by atoms with Crippen molar-refractivity contribution in [3.63, 3.8) is 0 Å². The predicted molar refractivity (Wildman–Crippen MR) is 74.8 cm³/mol. The van der Waals surface area contributed by atoms with Crippen LogP contribution in [0.1, 0.15) is 10.4 Å². The Kier molecular flexibility index (Phi) is 2.93. The van der Waals surface area contributed by atoms with E-state index in [1.807, 2.05) is 5.38 Å². The fourth-order valence-corrected chi connectivity index (χ4v) is 2.60. The smallest absolute Gasteiger partial charge is 0.336 e. The fourth-order valence-electron chi connectivity index (χ4n) is 1.83. The summed E-state index contributed by atoms with van der Waals surface area (Å²) in [6.07, 6.45) is 1.66. The highest BCUT2D eigenvalue weighted by Crippen LogP contribution is 2.27. The fraction of sp³-hybridized carbons (Fsp3) is 0. The molecule has 0 fully saturated rings. The standard InChI is InChI=1S/C13H7ClN2O2S/c14-7-1-2-10-8(5-7)9(13(17)18)6-11(16-10)12-15-3-4-19-12/h1-6H,(H,17,18). The van der Waals surface area contributed by atoms with E-state index in [9.17, 15) is 9.90 Å². The van der Waals surface area contributed by atoms with Gasteiger partial charge in [0.2, 0.25) is 0 Å². The topological polar surface area (TPSA) is 63.1 Å². The quantitative estimate of drug-likeness (QED) is 0.781. The van der Waals surface area contributed by atoms with E-state index in [0.717, 1.165) is 0 Å². The number of hydrogen-bond donors (Lipinski definition) is 1.